The van der Waals surface area contributed by atoms with Crippen LogP contribution in [0.3, 0.4) is 0 Å². The Balaban J connectivity index is 2.30. The molecule has 0 unspecified atom stereocenters. The van der Waals surface area contributed by atoms with Crippen LogP contribution in [0.2, 0.25) is 0 Å². The molecular formula is C16H21N3O3S2. The smallest absolute Gasteiger partial charge is 0.251 e. The molecule has 6 nitrogen and oxygen atoms in total. The van der Waals surface area contributed by atoms with E-state index in [9.17, 15) is 13.2 Å². The molecule has 130 valence electrons. The number of thiazole rings is 1. The van der Waals surface area contributed by atoms with Crippen LogP contribution in [0, 0.1) is 20.8 Å². The molecule has 0 spiro atoms. The van der Waals surface area contributed by atoms with Gasteiger partial charge in [-0.3, -0.25) is 4.79 Å². The molecule has 1 amide bonds. The molecule has 24 heavy (non-hydrogen) atoms. The normalized spacial score (nSPS) is 11.8. The third-order valence-electron chi connectivity index (χ3n) is 3.71. The number of hydrogen-bond donors (Lipinski definition) is 1. The fraction of sp³-hybridized carbons (Fsp3) is 0.375. The maximum atomic E-state index is 12.4. The summed E-state index contributed by atoms with van der Waals surface area (Å²) >= 11 is 1.48. The molecule has 0 aliphatic rings. The first-order valence-electron chi connectivity index (χ1n) is 7.36. The van der Waals surface area contributed by atoms with Crippen molar-refractivity contribution in [3.8, 4) is 0 Å². The molecule has 0 atom stereocenters. The lowest BCUT2D eigenvalue weighted by molar-refractivity contribution is 0.0950. The Morgan fingerprint density at radius 1 is 1.25 bits per heavy atom. The first-order chi connectivity index (χ1) is 11.1. The third-order valence-corrected chi connectivity index (χ3v) is 6.62. The molecular weight excluding hydrogens is 346 g/mol. The number of carbonyl (C=O) groups is 1. The van der Waals surface area contributed by atoms with Crippen molar-refractivity contribution in [3.05, 3.63) is 44.9 Å². The highest BCUT2D eigenvalue weighted by Crippen LogP contribution is 2.23. The Kier molecular flexibility index (Phi) is 5.42. The van der Waals surface area contributed by atoms with E-state index in [0.29, 0.717) is 17.7 Å². The highest BCUT2D eigenvalue weighted by molar-refractivity contribution is 7.89. The molecule has 0 bridgehead atoms. The minimum Gasteiger partial charge on any atom is -0.346 e. The summed E-state index contributed by atoms with van der Waals surface area (Å²) in [5.74, 6) is -0.318. The first-order valence-corrected chi connectivity index (χ1v) is 9.68. The van der Waals surface area contributed by atoms with Crippen LogP contribution >= 0.6 is 11.3 Å². The minimum atomic E-state index is -3.61. The number of nitrogens with zero attached hydrogens (tertiary/aromatic N) is 2. The van der Waals surface area contributed by atoms with Crippen LogP contribution in [0.4, 0.5) is 0 Å². The summed E-state index contributed by atoms with van der Waals surface area (Å²) < 4.78 is 26.0. The van der Waals surface area contributed by atoms with Crippen molar-refractivity contribution < 1.29 is 13.2 Å². The number of aromatic nitrogens is 1. The third kappa shape index (κ3) is 3.82. The summed E-state index contributed by atoms with van der Waals surface area (Å²) in [5.41, 5.74) is 2.64. The average Bonchev–Trinajstić information content (AvgIpc) is 2.92. The molecule has 0 radical (unpaired) electrons. The van der Waals surface area contributed by atoms with Crippen LogP contribution in [-0.4, -0.2) is 37.7 Å². The van der Waals surface area contributed by atoms with Gasteiger partial charge in [0, 0.05) is 30.7 Å². The molecule has 1 aromatic carbocycles. The number of sulfonamides is 1. The van der Waals surface area contributed by atoms with Crippen molar-refractivity contribution >= 4 is 27.3 Å². The topological polar surface area (TPSA) is 79.4 Å². The second kappa shape index (κ2) is 7.00. The zero-order valence-corrected chi connectivity index (χ0v) is 16.0. The lowest BCUT2D eigenvalue weighted by atomic mass is 10.1. The molecule has 0 aliphatic heterocycles. The number of amides is 1. The Hall–Kier alpha value is -1.77. The average molecular weight is 367 g/mol. The van der Waals surface area contributed by atoms with Crippen LogP contribution in [-0.2, 0) is 16.6 Å². The van der Waals surface area contributed by atoms with Crippen LogP contribution in [0.25, 0.3) is 0 Å². The highest BCUT2D eigenvalue weighted by Gasteiger charge is 2.23. The predicted octanol–water partition coefficient (Wildman–Crippen LogP) is 2.25. The number of aryl methyl sites for hydroxylation is 2. The van der Waals surface area contributed by atoms with Gasteiger partial charge in [0.05, 0.1) is 11.4 Å². The molecule has 0 fully saturated rings. The standard InChI is InChI=1S/C16H21N3O3S2/c1-10-6-13(7-14(12(10)3)24(21,22)19(4)5)16(20)17-8-15-18-11(2)9-23-15/h6-7,9H,8H2,1-5H3,(H,17,20). The summed E-state index contributed by atoms with van der Waals surface area (Å²) in [6.07, 6.45) is 0. The van der Waals surface area contributed by atoms with Gasteiger partial charge in [0.25, 0.3) is 5.91 Å². The van der Waals surface area contributed by atoms with Crippen LogP contribution < -0.4 is 5.32 Å². The highest BCUT2D eigenvalue weighted by atomic mass is 32.2. The lowest BCUT2D eigenvalue weighted by Crippen LogP contribution is -2.26. The van der Waals surface area contributed by atoms with Gasteiger partial charge in [-0.15, -0.1) is 11.3 Å². The second-order valence-corrected chi connectivity index (χ2v) is 8.83. The summed E-state index contributed by atoms with van der Waals surface area (Å²) in [6.45, 7) is 5.75. The van der Waals surface area contributed by atoms with E-state index in [1.807, 2.05) is 12.3 Å². The molecule has 2 rings (SSSR count). The quantitative estimate of drug-likeness (QED) is 0.879. The van der Waals surface area contributed by atoms with Crippen molar-refractivity contribution in [2.75, 3.05) is 14.1 Å². The van der Waals surface area contributed by atoms with Gasteiger partial charge in [0.2, 0.25) is 10.0 Å². The van der Waals surface area contributed by atoms with E-state index in [0.717, 1.165) is 20.6 Å². The van der Waals surface area contributed by atoms with Gasteiger partial charge >= 0.3 is 0 Å². The van der Waals surface area contributed by atoms with Crippen molar-refractivity contribution in [1.29, 1.82) is 0 Å². The van der Waals surface area contributed by atoms with Crippen molar-refractivity contribution in [1.82, 2.24) is 14.6 Å². The van der Waals surface area contributed by atoms with E-state index in [1.54, 1.807) is 19.9 Å². The maximum Gasteiger partial charge on any atom is 0.251 e. The van der Waals surface area contributed by atoms with Crippen molar-refractivity contribution in [3.63, 3.8) is 0 Å². The SMILES string of the molecule is Cc1csc(CNC(=O)c2cc(C)c(C)c(S(=O)(=O)N(C)C)c2)n1. The molecule has 1 heterocycles. The number of benzene rings is 1. The molecule has 0 aliphatic carbocycles. The number of carbonyl (C=O) groups excluding carboxylic acids is 1. The number of hydrogen-bond acceptors (Lipinski definition) is 5. The summed E-state index contributed by atoms with van der Waals surface area (Å²) in [4.78, 5) is 16.8. The lowest BCUT2D eigenvalue weighted by Gasteiger charge is -2.16. The van der Waals surface area contributed by atoms with E-state index in [4.69, 9.17) is 0 Å². The Morgan fingerprint density at radius 3 is 2.46 bits per heavy atom. The molecule has 0 saturated heterocycles. The van der Waals surface area contributed by atoms with Crippen LogP contribution in [0.15, 0.2) is 22.4 Å². The van der Waals surface area contributed by atoms with Crippen molar-refractivity contribution in [2.45, 2.75) is 32.2 Å². The summed E-state index contributed by atoms with van der Waals surface area (Å²) in [6, 6.07) is 3.13. The monoisotopic (exact) mass is 367 g/mol. The van der Waals surface area contributed by atoms with E-state index >= 15 is 0 Å². The van der Waals surface area contributed by atoms with Gasteiger partial charge in [-0.1, -0.05) is 0 Å². The fourth-order valence-electron chi connectivity index (χ4n) is 2.16. The zero-order valence-electron chi connectivity index (χ0n) is 14.4. The molecule has 1 N–H and O–H groups in total. The van der Waals surface area contributed by atoms with Gasteiger partial charge in [-0.05, 0) is 44.0 Å². The van der Waals surface area contributed by atoms with Gasteiger partial charge in [0.1, 0.15) is 5.01 Å². The molecule has 1 aromatic heterocycles. The predicted molar refractivity (Wildman–Crippen MR) is 94.8 cm³/mol. The second-order valence-electron chi connectivity index (χ2n) is 5.77. The van der Waals surface area contributed by atoms with E-state index < -0.39 is 10.0 Å². The molecule has 0 saturated carbocycles. The Labute approximate surface area is 146 Å². The molecule has 2 aromatic rings. The maximum absolute atomic E-state index is 12.4. The minimum absolute atomic E-state index is 0.155. The van der Waals surface area contributed by atoms with Gasteiger partial charge in [0.15, 0.2) is 0 Å². The Bertz CT molecular complexity index is 871. The Morgan fingerprint density at radius 2 is 1.92 bits per heavy atom. The van der Waals surface area contributed by atoms with Crippen LogP contribution in [0.1, 0.15) is 32.2 Å². The van der Waals surface area contributed by atoms with E-state index in [-0.39, 0.29) is 10.8 Å². The first kappa shape index (κ1) is 18.6. The van der Waals surface area contributed by atoms with E-state index in [1.165, 1.54) is 31.5 Å². The molecule has 8 heteroatoms. The summed E-state index contributed by atoms with van der Waals surface area (Å²) in [5, 5.41) is 5.51. The van der Waals surface area contributed by atoms with Gasteiger partial charge in [-0.25, -0.2) is 17.7 Å². The summed E-state index contributed by atoms with van der Waals surface area (Å²) in [7, 11) is -0.659. The fourth-order valence-corrected chi connectivity index (χ4v) is 4.09. The zero-order chi connectivity index (χ0) is 18.1. The van der Waals surface area contributed by atoms with E-state index in [2.05, 4.69) is 10.3 Å². The number of nitrogens with one attached hydrogen (secondary N) is 1. The largest absolute Gasteiger partial charge is 0.346 e. The number of rotatable bonds is 5. The van der Waals surface area contributed by atoms with Gasteiger partial charge in [-0.2, -0.15) is 0 Å². The van der Waals surface area contributed by atoms with Gasteiger partial charge < -0.3 is 5.32 Å². The van der Waals surface area contributed by atoms with Crippen molar-refractivity contribution in [2.24, 2.45) is 0 Å². The van der Waals surface area contributed by atoms with Crippen LogP contribution in [0.5, 0.6) is 0 Å².